The van der Waals surface area contributed by atoms with Gasteiger partial charge in [0, 0.05) is 26.9 Å². The Balaban J connectivity index is 2.86. The molecule has 0 radical (unpaired) electrons. The summed E-state index contributed by atoms with van der Waals surface area (Å²) in [6, 6.07) is 5.62. The van der Waals surface area contributed by atoms with Crippen molar-refractivity contribution in [2.75, 3.05) is 24.7 Å². The van der Waals surface area contributed by atoms with Gasteiger partial charge in [0.05, 0.1) is 13.2 Å². The maximum Gasteiger partial charge on any atom is 0.152 e. The fourth-order valence-electron chi connectivity index (χ4n) is 1.20. The standard InChI is InChI=1S/C11H14O3S2/c12-4-6-15-10-2-1-3-11(9(10)8-14)16-7-5-13/h1-3,8,12-13H,4-7H2. The van der Waals surface area contributed by atoms with Gasteiger partial charge in [0.1, 0.15) is 0 Å². The minimum absolute atomic E-state index is 0.0942. The molecule has 3 nitrogen and oxygen atoms in total. The molecule has 1 rings (SSSR count). The van der Waals surface area contributed by atoms with Crippen LogP contribution in [-0.4, -0.2) is 41.2 Å². The molecule has 0 aliphatic rings. The van der Waals surface area contributed by atoms with Crippen molar-refractivity contribution in [2.24, 2.45) is 0 Å². The van der Waals surface area contributed by atoms with Crippen molar-refractivity contribution in [3.05, 3.63) is 23.8 Å². The Morgan fingerprint density at radius 3 is 1.94 bits per heavy atom. The van der Waals surface area contributed by atoms with Crippen LogP contribution in [0.4, 0.5) is 0 Å². The topological polar surface area (TPSA) is 57.5 Å². The zero-order valence-corrected chi connectivity index (χ0v) is 10.4. The molecule has 0 aromatic heterocycles. The van der Waals surface area contributed by atoms with E-state index in [2.05, 4.69) is 0 Å². The molecule has 1 aromatic rings. The van der Waals surface area contributed by atoms with Crippen molar-refractivity contribution in [1.82, 2.24) is 0 Å². The third kappa shape index (κ3) is 3.83. The number of thioether (sulfide) groups is 2. The smallest absolute Gasteiger partial charge is 0.152 e. The number of benzene rings is 1. The Kier molecular flexibility index (Phi) is 6.56. The van der Waals surface area contributed by atoms with Gasteiger partial charge in [-0.2, -0.15) is 0 Å². The maximum absolute atomic E-state index is 11.0. The number of aliphatic hydroxyl groups excluding tert-OH is 2. The van der Waals surface area contributed by atoms with Crippen molar-refractivity contribution in [2.45, 2.75) is 9.79 Å². The molecule has 0 unspecified atom stereocenters. The first-order chi connectivity index (χ1) is 7.83. The molecule has 0 aliphatic carbocycles. The highest BCUT2D eigenvalue weighted by molar-refractivity contribution is 8.00. The molecule has 2 N–H and O–H groups in total. The van der Waals surface area contributed by atoms with Crippen molar-refractivity contribution in [3.63, 3.8) is 0 Å². The average molecular weight is 258 g/mol. The Bertz CT molecular complexity index is 316. The highest BCUT2D eigenvalue weighted by Gasteiger charge is 2.08. The molecule has 0 atom stereocenters. The molecule has 5 heteroatoms. The van der Waals surface area contributed by atoms with E-state index >= 15 is 0 Å². The first-order valence-corrected chi connectivity index (χ1v) is 6.86. The van der Waals surface area contributed by atoms with Crippen LogP contribution in [0.5, 0.6) is 0 Å². The molecule has 0 heterocycles. The van der Waals surface area contributed by atoms with Crippen LogP contribution in [0, 0.1) is 0 Å². The summed E-state index contributed by atoms with van der Waals surface area (Å²) < 4.78 is 0. The summed E-state index contributed by atoms with van der Waals surface area (Å²) in [5.74, 6) is 1.16. The van der Waals surface area contributed by atoms with Crippen molar-refractivity contribution in [1.29, 1.82) is 0 Å². The molecule has 16 heavy (non-hydrogen) atoms. The molecule has 0 bridgehead atoms. The molecule has 1 aromatic carbocycles. The third-order valence-electron chi connectivity index (χ3n) is 1.84. The van der Waals surface area contributed by atoms with E-state index in [0.29, 0.717) is 17.1 Å². The lowest BCUT2D eigenvalue weighted by atomic mass is 10.2. The number of carbonyl (C=O) groups is 1. The molecule has 0 saturated carbocycles. The molecule has 0 saturated heterocycles. The molecule has 88 valence electrons. The molecule has 0 spiro atoms. The third-order valence-corrected chi connectivity index (χ3v) is 3.95. The fraction of sp³-hybridized carbons (Fsp3) is 0.364. The molecular weight excluding hydrogens is 244 g/mol. The van der Waals surface area contributed by atoms with E-state index in [1.165, 1.54) is 23.5 Å². The highest BCUT2D eigenvalue weighted by atomic mass is 32.2. The molecular formula is C11H14O3S2. The van der Waals surface area contributed by atoms with E-state index in [0.717, 1.165) is 16.1 Å². The van der Waals surface area contributed by atoms with Crippen LogP contribution in [0.15, 0.2) is 28.0 Å². The van der Waals surface area contributed by atoms with E-state index in [-0.39, 0.29) is 13.2 Å². The Morgan fingerprint density at radius 1 is 1.06 bits per heavy atom. The summed E-state index contributed by atoms with van der Waals surface area (Å²) in [5.41, 5.74) is 0.652. The Morgan fingerprint density at radius 2 is 1.56 bits per heavy atom. The lowest BCUT2D eigenvalue weighted by Crippen LogP contribution is -1.94. The number of aldehydes is 1. The molecule has 0 aliphatic heterocycles. The van der Waals surface area contributed by atoms with Gasteiger partial charge >= 0.3 is 0 Å². The zero-order valence-electron chi connectivity index (χ0n) is 8.76. The fourth-order valence-corrected chi connectivity index (χ4v) is 2.87. The maximum atomic E-state index is 11.0. The van der Waals surface area contributed by atoms with E-state index in [4.69, 9.17) is 10.2 Å². The summed E-state index contributed by atoms with van der Waals surface area (Å²) in [6.45, 7) is 0.188. The minimum atomic E-state index is 0.0942. The second-order valence-electron chi connectivity index (χ2n) is 2.93. The number of hydrogen-bond acceptors (Lipinski definition) is 5. The van der Waals surface area contributed by atoms with Crippen LogP contribution in [0.2, 0.25) is 0 Å². The van der Waals surface area contributed by atoms with Crippen LogP contribution in [0.3, 0.4) is 0 Å². The van der Waals surface area contributed by atoms with E-state index in [9.17, 15) is 4.79 Å². The number of aliphatic hydroxyl groups is 2. The quantitative estimate of drug-likeness (QED) is 0.575. The summed E-state index contributed by atoms with van der Waals surface area (Å²) in [6.07, 6.45) is 0.833. The largest absolute Gasteiger partial charge is 0.396 e. The van der Waals surface area contributed by atoms with Gasteiger partial charge in [-0.1, -0.05) is 6.07 Å². The minimum Gasteiger partial charge on any atom is -0.396 e. The number of rotatable bonds is 7. The van der Waals surface area contributed by atoms with Crippen molar-refractivity contribution < 1.29 is 15.0 Å². The summed E-state index contributed by atoms with van der Waals surface area (Å²) in [5, 5.41) is 17.5. The number of carbonyl (C=O) groups excluding carboxylic acids is 1. The van der Waals surface area contributed by atoms with Crippen LogP contribution in [0.1, 0.15) is 10.4 Å². The van der Waals surface area contributed by atoms with Gasteiger partial charge in [0.2, 0.25) is 0 Å². The second kappa shape index (κ2) is 7.73. The van der Waals surface area contributed by atoms with E-state index in [1.807, 2.05) is 18.2 Å². The summed E-state index contributed by atoms with van der Waals surface area (Å²) >= 11 is 2.92. The first-order valence-electron chi connectivity index (χ1n) is 4.89. The van der Waals surface area contributed by atoms with Crippen molar-refractivity contribution in [3.8, 4) is 0 Å². The van der Waals surface area contributed by atoms with Gasteiger partial charge in [0.15, 0.2) is 6.29 Å². The summed E-state index contributed by atoms with van der Waals surface area (Å²) in [7, 11) is 0. The Hall–Kier alpha value is -0.490. The first kappa shape index (κ1) is 13.6. The monoisotopic (exact) mass is 258 g/mol. The van der Waals surface area contributed by atoms with Gasteiger partial charge in [-0.05, 0) is 12.1 Å². The van der Waals surface area contributed by atoms with Crippen LogP contribution in [0.25, 0.3) is 0 Å². The Labute approximate surface area is 103 Å². The van der Waals surface area contributed by atoms with Gasteiger partial charge < -0.3 is 10.2 Å². The predicted molar refractivity (Wildman–Crippen MR) is 67.4 cm³/mol. The lowest BCUT2D eigenvalue weighted by Gasteiger charge is -2.08. The normalized spacial score (nSPS) is 10.4. The predicted octanol–water partition coefficient (Wildman–Crippen LogP) is 1.67. The van der Waals surface area contributed by atoms with E-state index in [1.54, 1.807) is 0 Å². The van der Waals surface area contributed by atoms with Crippen molar-refractivity contribution >= 4 is 29.8 Å². The van der Waals surface area contributed by atoms with Crippen LogP contribution in [-0.2, 0) is 0 Å². The lowest BCUT2D eigenvalue weighted by molar-refractivity contribution is 0.111. The molecule has 0 amide bonds. The van der Waals surface area contributed by atoms with E-state index < -0.39 is 0 Å². The SMILES string of the molecule is O=Cc1c(SCCO)cccc1SCCO. The van der Waals surface area contributed by atoms with Gasteiger partial charge in [0.25, 0.3) is 0 Å². The highest BCUT2D eigenvalue weighted by Crippen LogP contribution is 2.29. The number of hydrogen-bond donors (Lipinski definition) is 2. The average Bonchev–Trinajstić information content (AvgIpc) is 2.33. The zero-order chi connectivity index (χ0) is 11.8. The second-order valence-corrected chi connectivity index (χ2v) is 5.20. The van der Waals surface area contributed by atoms with Gasteiger partial charge in [-0.25, -0.2) is 0 Å². The van der Waals surface area contributed by atoms with Crippen LogP contribution < -0.4 is 0 Å². The summed E-state index contributed by atoms with van der Waals surface area (Å²) in [4.78, 5) is 12.8. The van der Waals surface area contributed by atoms with Gasteiger partial charge in [-0.15, -0.1) is 23.5 Å². The van der Waals surface area contributed by atoms with Gasteiger partial charge in [-0.3, -0.25) is 4.79 Å². The molecule has 0 fully saturated rings. The van der Waals surface area contributed by atoms with Crippen LogP contribution >= 0.6 is 23.5 Å².